The third kappa shape index (κ3) is 3.99. The quantitative estimate of drug-likeness (QED) is 0.427. The number of amides is 1. The second-order valence-electron chi connectivity index (χ2n) is 6.89. The molecule has 0 fully saturated rings. The smallest absolute Gasteiger partial charge is 0.230 e. The fourth-order valence-electron chi connectivity index (χ4n) is 3.36. The molecule has 0 saturated heterocycles. The number of nitrogens with zero attached hydrogens (tertiary/aromatic N) is 2. The number of benzene rings is 2. The van der Waals surface area contributed by atoms with E-state index < -0.39 is 0 Å². The van der Waals surface area contributed by atoms with Crippen molar-refractivity contribution in [2.75, 3.05) is 5.32 Å². The van der Waals surface area contributed by atoms with Crippen molar-refractivity contribution < 1.29 is 9.53 Å². The van der Waals surface area contributed by atoms with Crippen LogP contribution in [-0.4, -0.2) is 15.7 Å². The second-order valence-corrected chi connectivity index (χ2v) is 8.91. The first-order valence-corrected chi connectivity index (χ1v) is 11.6. The Morgan fingerprint density at radius 3 is 2.57 bits per heavy atom. The summed E-state index contributed by atoms with van der Waals surface area (Å²) in [5.74, 6) is 4.02. The molecule has 2 aromatic heterocycles. The molecule has 7 heteroatoms. The number of para-hydroxylation sites is 1. The number of thiophene rings is 1. The molecular weight excluding hydrogens is 414 g/mol. The Bertz CT molecular complexity index is 1150. The lowest BCUT2D eigenvalue weighted by atomic mass is 10.2. The van der Waals surface area contributed by atoms with Gasteiger partial charge in [-0.25, -0.2) is 4.68 Å². The lowest BCUT2D eigenvalue weighted by Gasteiger charge is -2.12. The normalized spacial score (nSPS) is 12.5. The van der Waals surface area contributed by atoms with Gasteiger partial charge >= 0.3 is 0 Å². The number of carbonyl (C=O) groups excluding carboxylic acids is 1. The summed E-state index contributed by atoms with van der Waals surface area (Å²) in [7, 11) is 0. The monoisotopic (exact) mass is 433 g/mol. The molecule has 150 valence electrons. The molecule has 0 saturated carbocycles. The van der Waals surface area contributed by atoms with Gasteiger partial charge < -0.3 is 10.1 Å². The Kier molecular flexibility index (Phi) is 5.29. The zero-order valence-electron chi connectivity index (χ0n) is 16.1. The average molecular weight is 434 g/mol. The molecule has 2 aromatic carbocycles. The molecule has 1 N–H and O–H groups in total. The van der Waals surface area contributed by atoms with Gasteiger partial charge in [0, 0.05) is 21.9 Å². The molecule has 1 aliphatic heterocycles. The first-order valence-electron chi connectivity index (χ1n) is 9.60. The van der Waals surface area contributed by atoms with E-state index in [1.165, 1.54) is 0 Å². The van der Waals surface area contributed by atoms with Gasteiger partial charge in [-0.1, -0.05) is 24.3 Å². The van der Waals surface area contributed by atoms with Crippen LogP contribution in [0.4, 0.5) is 5.82 Å². The maximum atomic E-state index is 12.6. The predicted octanol–water partition coefficient (Wildman–Crippen LogP) is 5.65. The lowest BCUT2D eigenvalue weighted by molar-refractivity contribution is -0.115. The Balaban J connectivity index is 1.39. The minimum Gasteiger partial charge on any atom is -0.457 e. The number of anilines is 1. The van der Waals surface area contributed by atoms with E-state index in [-0.39, 0.29) is 5.91 Å². The molecule has 0 atom stereocenters. The van der Waals surface area contributed by atoms with E-state index >= 15 is 0 Å². The summed E-state index contributed by atoms with van der Waals surface area (Å²) in [5, 5.41) is 9.86. The zero-order valence-corrected chi connectivity index (χ0v) is 17.7. The fraction of sp³-hybridized carbons (Fsp3) is 0.130. The van der Waals surface area contributed by atoms with Crippen LogP contribution >= 0.6 is 23.1 Å². The molecule has 0 aliphatic carbocycles. The standard InChI is InChI=1S/C23H19N3O2S2/c27-22(13-19-7-4-12-30-19)24-23-20-14-29-15-21(20)25-26(23)16-8-10-18(11-9-16)28-17-5-2-1-3-6-17/h1-12H,13-15H2,(H,24,27). The van der Waals surface area contributed by atoms with Crippen molar-refractivity contribution in [2.24, 2.45) is 0 Å². The molecule has 5 nitrogen and oxygen atoms in total. The maximum Gasteiger partial charge on any atom is 0.230 e. The zero-order chi connectivity index (χ0) is 20.3. The molecule has 4 aromatic rings. The maximum absolute atomic E-state index is 12.6. The summed E-state index contributed by atoms with van der Waals surface area (Å²) < 4.78 is 7.72. The van der Waals surface area contributed by atoms with Gasteiger partial charge in [0.05, 0.1) is 17.8 Å². The van der Waals surface area contributed by atoms with Gasteiger partial charge in [-0.2, -0.15) is 16.9 Å². The van der Waals surface area contributed by atoms with Gasteiger partial charge in [0.25, 0.3) is 0 Å². The lowest BCUT2D eigenvalue weighted by Crippen LogP contribution is -2.17. The highest BCUT2D eigenvalue weighted by atomic mass is 32.2. The molecule has 5 rings (SSSR count). The van der Waals surface area contributed by atoms with Crippen molar-refractivity contribution >= 4 is 34.8 Å². The van der Waals surface area contributed by atoms with Gasteiger partial charge in [0.15, 0.2) is 0 Å². The fourth-order valence-corrected chi connectivity index (χ4v) is 5.09. The van der Waals surface area contributed by atoms with Gasteiger partial charge in [0.2, 0.25) is 5.91 Å². The number of thioether (sulfide) groups is 1. The molecule has 0 bridgehead atoms. The number of hydrogen-bond acceptors (Lipinski definition) is 5. The van der Waals surface area contributed by atoms with Gasteiger partial charge in [0.1, 0.15) is 17.3 Å². The van der Waals surface area contributed by atoms with Gasteiger partial charge in [-0.05, 0) is 47.8 Å². The van der Waals surface area contributed by atoms with Crippen LogP contribution < -0.4 is 10.1 Å². The predicted molar refractivity (Wildman–Crippen MR) is 122 cm³/mol. The highest BCUT2D eigenvalue weighted by molar-refractivity contribution is 7.98. The number of ether oxygens (including phenoxy) is 1. The third-order valence-electron chi connectivity index (χ3n) is 4.78. The Labute approximate surface area is 182 Å². The summed E-state index contributed by atoms with van der Waals surface area (Å²) in [4.78, 5) is 13.7. The van der Waals surface area contributed by atoms with E-state index in [9.17, 15) is 4.79 Å². The number of hydrogen-bond donors (Lipinski definition) is 1. The minimum absolute atomic E-state index is 0.0256. The molecule has 3 heterocycles. The summed E-state index contributed by atoms with van der Waals surface area (Å²) in [5.41, 5.74) is 3.04. The highest BCUT2D eigenvalue weighted by Gasteiger charge is 2.24. The van der Waals surface area contributed by atoms with Crippen LogP contribution in [0.2, 0.25) is 0 Å². The van der Waals surface area contributed by atoms with Crippen LogP contribution in [0.25, 0.3) is 5.69 Å². The Hall–Kier alpha value is -3.03. The van der Waals surface area contributed by atoms with E-state index in [4.69, 9.17) is 9.84 Å². The number of rotatable bonds is 6. The number of carbonyl (C=O) groups is 1. The van der Waals surface area contributed by atoms with E-state index in [1.54, 1.807) is 11.3 Å². The molecule has 0 radical (unpaired) electrons. The van der Waals surface area contributed by atoms with Crippen LogP contribution in [0.5, 0.6) is 11.5 Å². The van der Waals surface area contributed by atoms with Crippen molar-refractivity contribution in [3.05, 3.63) is 88.2 Å². The van der Waals surface area contributed by atoms with Crippen LogP contribution in [-0.2, 0) is 22.7 Å². The summed E-state index contributed by atoms with van der Waals surface area (Å²) >= 11 is 3.41. The minimum atomic E-state index is -0.0256. The third-order valence-corrected chi connectivity index (χ3v) is 6.63. The first-order chi connectivity index (χ1) is 14.8. The number of fused-ring (bicyclic) bond motifs is 1. The second kappa shape index (κ2) is 8.38. The van der Waals surface area contributed by atoms with Crippen molar-refractivity contribution in [2.45, 2.75) is 17.9 Å². The van der Waals surface area contributed by atoms with Crippen molar-refractivity contribution in [3.63, 3.8) is 0 Å². The van der Waals surface area contributed by atoms with Crippen LogP contribution in [0.3, 0.4) is 0 Å². The molecular formula is C23H19N3O2S2. The average Bonchev–Trinajstić information content (AvgIpc) is 3.49. The molecule has 30 heavy (non-hydrogen) atoms. The molecule has 0 unspecified atom stereocenters. The van der Waals surface area contributed by atoms with Crippen LogP contribution in [0.1, 0.15) is 16.1 Å². The van der Waals surface area contributed by atoms with E-state index in [0.29, 0.717) is 6.42 Å². The van der Waals surface area contributed by atoms with Crippen molar-refractivity contribution in [1.82, 2.24) is 9.78 Å². The SMILES string of the molecule is O=C(Cc1cccs1)Nc1c2c(nn1-c1ccc(Oc3ccccc3)cc1)CSC2. The van der Waals surface area contributed by atoms with E-state index in [2.05, 4.69) is 5.32 Å². The Morgan fingerprint density at radius 2 is 1.80 bits per heavy atom. The Morgan fingerprint density at radius 1 is 1.00 bits per heavy atom. The van der Waals surface area contributed by atoms with Crippen molar-refractivity contribution in [1.29, 1.82) is 0 Å². The first kappa shape index (κ1) is 19.0. The van der Waals surface area contributed by atoms with Gasteiger partial charge in [-0.3, -0.25) is 4.79 Å². The highest BCUT2D eigenvalue weighted by Crippen LogP contribution is 2.36. The van der Waals surface area contributed by atoms with Crippen LogP contribution in [0.15, 0.2) is 72.1 Å². The number of nitrogens with one attached hydrogen (secondary N) is 1. The van der Waals surface area contributed by atoms with Crippen molar-refractivity contribution in [3.8, 4) is 17.2 Å². The van der Waals surface area contributed by atoms with E-state index in [0.717, 1.165) is 50.6 Å². The largest absolute Gasteiger partial charge is 0.457 e. The topological polar surface area (TPSA) is 56.2 Å². The summed E-state index contributed by atoms with van der Waals surface area (Å²) in [6.45, 7) is 0. The summed E-state index contributed by atoms with van der Waals surface area (Å²) in [6, 6.07) is 21.4. The van der Waals surface area contributed by atoms with E-state index in [1.807, 2.05) is 88.6 Å². The number of aromatic nitrogens is 2. The molecule has 0 spiro atoms. The van der Waals surface area contributed by atoms with Gasteiger partial charge in [-0.15, -0.1) is 11.3 Å². The molecule has 1 amide bonds. The summed E-state index contributed by atoms with van der Waals surface area (Å²) in [6.07, 6.45) is 0.370. The molecule has 1 aliphatic rings. The van der Waals surface area contributed by atoms with Crippen LogP contribution in [0, 0.1) is 0 Å².